The second-order valence-electron chi connectivity index (χ2n) is 2.07. The molecule has 0 fully saturated rings. The molecule has 0 spiro atoms. The highest BCUT2D eigenvalue weighted by Crippen LogP contribution is 2.07. The minimum Gasteiger partial charge on any atom is -0.386 e. The third kappa shape index (κ3) is 1.77. The van der Waals surface area contributed by atoms with Gasteiger partial charge in [0.25, 0.3) is 0 Å². The molecular formula is C8H11N3. The van der Waals surface area contributed by atoms with Gasteiger partial charge >= 0.3 is 0 Å². The van der Waals surface area contributed by atoms with Crippen molar-refractivity contribution in [2.75, 3.05) is 19.4 Å². The molecule has 1 heterocycles. The summed E-state index contributed by atoms with van der Waals surface area (Å²) in [5.41, 5.74) is 1.87. The zero-order valence-electron chi connectivity index (χ0n) is 6.70. The van der Waals surface area contributed by atoms with Crippen LogP contribution in [0.4, 0.5) is 5.69 Å². The van der Waals surface area contributed by atoms with E-state index in [1.165, 1.54) is 0 Å². The van der Waals surface area contributed by atoms with Crippen LogP contribution in [0.2, 0.25) is 0 Å². The first-order valence-corrected chi connectivity index (χ1v) is 3.43. The van der Waals surface area contributed by atoms with E-state index in [-0.39, 0.29) is 0 Å². The van der Waals surface area contributed by atoms with Gasteiger partial charge in [-0.25, -0.2) is 0 Å². The molecule has 1 aromatic rings. The van der Waals surface area contributed by atoms with Crippen molar-refractivity contribution in [3.05, 3.63) is 24.0 Å². The SMILES string of the molecule is CN=Cc1ncccc1NC. The van der Waals surface area contributed by atoms with Crippen LogP contribution >= 0.6 is 0 Å². The van der Waals surface area contributed by atoms with Crippen LogP contribution in [-0.4, -0.2) is 25.3 Å². The number of nitrogens with zero attached hydrogens (tertiary/aromatic N) is 2. The molecule has 0 aliphatic rings. The fraction of sp³-hybridized carbons (Fsp3) is 0.250. The summed E-state index contributed by atoms with van der Waals surface area (Å²) in [5, 5.41) is 3.03. The average molecular weight is 149 g/mol. The number of hydrogen-bond acceptors (Lipinski definition) is 3. The van der Waals surface area contributed by atoms with E-state index in [9.17, 15) is 0 Å². The van der Waals surface area contributed by atoms with Crippen molar-refractivity contribution < 1.29 is 0 Å². The molecule has 1 aromatic heterocycles. The largest absolute Gasteiger partial charge is 0.386 e. The van der Waals surface area contributed by atoms with Gasteiger partial charge < -0.3 is 5.32 Å². The van der Waals surface area contributed by atoms with E-state index in [1.807, 2.05) is 19.2 Å². The van der Waals surface area contributed by atoms with Crippen LogP contribution in [0.3, 0.4) is 0 Å². The zero-order chi connectivity index (χ0) is 8.10. The molecule has 3 heteroatoms. The summed E-state index contributed by atoms with van der Waals surface area (Å²) >= 11 is 0. The molecule has 0 aromatic carbocycles. The van der Waals surface area contributed by atoms with Crippen LogP contribution < -0.4 is 5.32 Å². The summed E-state index contributed by atoms with van der Waals surface area (Å²) in [6.07, 6.45) is 3.48. The fourth-order valence-electron chi connectivity index (χ4n) is 0.854. The van der Waals surface area contributed by atoms with Gasteiger partial charge in [-0.1, -0.05) is 0 Å². The third-order valence-electron chi connectivity index (χ3n) is 1.36. The van der Waals surface area contributed by atoms with Crippen LogP contribution in [0, 0.1) is 0 Å². The first kappa shape index (κ1) is 7.72. The summed E-state index contributed by atoms with van der Waals surface area (Å²) in [7, 11) is 3.60. The molecule has 0 radical (unpaired) electrons. The highest BCUT2D eigenvalue weighted by molar-refractivity contribution is 5.84. The van der Waals surface area contributed by atoms with Crippen LogP contribution in [0.5, 0.6) is 0 Å². The molecule has 11 heavy (non-hydrogen) atoms. The van der Waals surface area contributed by atoms with Crippen molar-refractivity contribution in [2.24, 2.45) is 4.99 Å². The molecule has 3 nitrogen and oxygen atoms in total. The number of nitrogens with one attached hydrogen (secondary N) is 1. The second kappa shape index (κ2) is 3.71. The van der Waals surface area contributed by atoms with Crippen LogP contribution in [-0.2, 0) is 0 Å². The average Bonchev–Trinajstić information content (AvgIpc) is 2.06. The highest BCUT2D eigenvalue weighted by atomic mass is 14.9. The Morgan fingerprint density at radius 2 is 2.45 bits per heavy atom. The van der Waals surface area contributed by atoms with Gasteiger partial charge in [0, 0.05) is 26.5 Å². The number of anilines is 1. The number of aliphatic imine (C=N–C) groups is 1. The molecule has 1 N–H and O–H groups in total. The Balaban J connectivity index is 3.02. The maximum absolute atomic E-state index is 4.13. The summed E-state index contributed by atoms with van der Waals surface area (Å²) in [5.74, 6) is 0. The van der Waals surface area contributed by atoms with Crippen molar-refractivity contribution in [1.82, 2.24) is 4.98 Å². The van der Waals surface area contributed by atoms with Gasteiger partial charge in [-0.05, 0) is 12.1 Å². The normalized spacial score (nSPS) is 10.4. The van der Waals surface area contributed by atoms with E-state index < -0.39 is 0 Å². The number of pyridine rings is 1. The molecule has 0 atom stereocenters. The molecule has 0 aliphatic heterocycles. The van der Waals surface area contributed by atoms with Crippen molar-refractivity contribution in [3.8, 4) is 0 Å². The molecule has 0 unspecified atom stereocenters. The van der Waals surface area contributed by atoms with Gasteiger partial charge in [0.2, 0.25) is 0 Å². The predicted octanol–water partition coefficient (Wildman–Crippen LogP) is 1.17. The zero-order valence-corrected chi connectivity index (χ0v) is 6.70. The standard InChI is InChI=1S/C8H11N3/c1-9-6-8-7(10-2)4-3-5-11-8/h3-6,10H,1-2H3. The Kier molecular flexibility index (Phi) is 2.60. The summed E-state index contributed by atoms with van der Waals surface area (Å²) in [6, 6.07) is 3.85. The van der Waals surface area contributed by atoms with Gasteiger partial charge in [0.15, 0.2) is 0 Å². The van der Waals surface area contributed by atoms with Gasteiger partial charge in [-0.2, -0.15) is 0 Å². The topological polar surface area (TPSA) is 37.3 Å². The van der Waals surface area contributed by atoms with E-state index in [4.69, 9.17) is 0 Å². The first-order chi connectivity index (χ1) is 5.38. The first-order valence-electron chi connectivity index (χ1n) is 3.43. The van der Waals surface area contributed by atoms with Crippen LogP contribution in [0.25, 0.3) is 0 Å². The molecule has 0 amide bonds. The minimum atomic E-state index is 0.873. The smallest absolute Gasteiger partial charge is 0.104 e. The fourth-order valence-corrected chi connectivity index (χ4v) is 0.854. The van der Waals surface area contributed by atoms with E-state index in [1.54, 1.807) is 19.5 Å². The lowest BCUT2D eigenvalue weighted by atomic mass is 10.3. The Morgan fingerprint density at radius 1 is 1.64 bits per heavy atom. The molecular weight excluding hydrogens is 138 g/mol. The van der Waals surface area contributed by atoms with E-state index in [2.05, 4.69) is 15.3 Å². The molecule has 1 rings (SSSR count). The number of hydrogen-bond donors (Lipinski definition) is 1. The van der Waals surface area contributed by atoms with Crippen molar-refractivity contribution in [2.45, 2.75) is 0 Å². The summed E-state index contributed by atoms with van der Waals surface area (Å²) in [6.45, 7) is 0. The van der Waals surface area contributed by atoms with Crippen LogP contribution in [0.15, 0.2) is 23.3 Å². The third-order valence-corrected chi connectivity index (χ3v) is 1.36. The molecule has 0 saturated carbocycles. The van der Waals surface area contributed by atoms with Gasteiger partial charge in [-0.15, -0.1) is 0 Å². The Morgan fingerprint density at radius 3 is 3.09 bits per heavy atom. The van der Waals surface area contributed by atoms with E-state index in [0.29, 0.717) is 0 Å². The number of aromatic nitrogens is 1. The predicted molar refractivity (Wildman–Crippen MR) is 47.3 cm³/mol. The van der Waals surface area contributed by atoms with Gasteiger partial charge in [0.05, 0.1) is 5.69 Å². The Labute approximate surface area is 66.2 Å². The Bertz CT molecular complexity index is 255. The molecule has 0 saturated heterocycles. The maximum Gasteiger partial charge on any atom is 0.104 e. The highest BCUT2D eigenvalue weighted by Gasteiger charge is 1.94. The van der Waals surface area contributed by atoms with Gasteiger partial charge in [-0.3, -0.25) is 9.98 Å². The van der Waals surface area contributed by atoms with E-state index >= 15 is 0 Å². The van der Waals surface area contributed by atoms with Crippen molar-refractivity contribution in [3.63, 3.8) is 0 Å². The summed E-state index contributed by atoms with van der Waals surface area (Å²) < 4.78 is 0. The monoisotopic (exact) mass is 149 g/mol. The molecule has 0 aliphatic carbocycles. The van der Waals surface area contributed by atoms with Crippen molar-refractivity contribution >= 4 is 11.9 Å². The number of rotatable bonds is 2. The van der Waals surface area contributed by atoms with Crippen LogP contribution in [0.1, 0.15) is 5.69 Å². The maximum atomic E-state index is 4.13. The minimum absolute atomic E-state index is 0.873. The molecule has 0 bridgehead atoms. The lowest BCUT2D eigenvalue weighted by Gasteiger charge is -2.01. The lowest BCUT2D eigenvalue weighted by molar-refractivity contribution is 1.28. The van der Waals surface area contributed by atoms with Gasteiger partial charge in [0.1, 0.15) is 5.69 Å². The second-order valence-corrected chi connectivity index (χ2v) is 2.07. The summed E-state index contributed by atoms with van der Waals surface area (Å²) in [4.78, 5) is 8.01. The Hall–Kier alpha value is -1.38. The quantitative estimate of drug-likeness (QED) is 0.641. The van der Waals surface area contributed by atoms with E-state index in [0.717, 1.165) is 11.4 Å². The molecule has 58 valence electrons. The lowest BCUT2D eigenvalue weighted by Crippen LogP contribution is -1.96. The van der Waals surface area contributed by atoms with Crippen molar-refractivity contribution in [1.29, 1.82) is 0 Å².